The second-order valence-corrected chi connectivity index (χ2v) is 9.78. The Morgan fingerprint density at radius 2 is 1.42 bits per heavy atom. The fourth-order valence-electron chi connectivity index (χ4n) is 2.68. The van der Waals surface area contributed by atoms with Crippen molar-refractivity contribution < 1.29 is 0 Å². The van der Waals surface area contributed by atoms with E-state index >= 15 is 0 Å². The molecule has 0 aliphatic heterocycles. The average molecular weight is 204 g/mol. The first kappa shape index (κ1) is 9.42. The van der Waals surface area contributed by atoms with Crippen LogP contribution in [0, 0.1) is 0 Å². The third-order valence-electron chi connectivity index (χ3n) is 3.53. The average Bonchev–Trinajstić information content (AvgIpc) is 2.74. The minimum atomic E-state index is 0.386. The molecule has 0 nitrogen and oxygen atoms in total. The van der Waals surface area contributed by atoms with E-state index in [1.165, 1.54) is 19.6 Å². The van der Waals surface area contributed by atoms with Gasteiger partial charge in [0.15, 0.2) is 0 Å². The summed E-state index contributed by atoms with van der Waals surface area (Å²) in [4.78, 5) is 0. The SMILES string of the molecule is C1CCC(P[PH3]C2CCCC2)C1. The van der Waals surface area contributed by atoms with Gasteiger partial charge in [0.25, 0.3) is 0 Å². The monoisotopic (exact) mass is 204 g/mol. The van der Waals surface area contributed by atoms with Crippen molar-refractivity contribution in [3.8, 4) is 0 Å². The van der Waals surface area contributed by atoms with Crippen LogP contribution in [0.25, 0.3) is 0 Å². The van der Waals surface area contributed by atoms with E-state index in [9.17, 15) is 0 Å². The normalized spacial score (nSPS) is 28.3. The van der Waals surface area contributed by atoms with Crippen molar-refractivity contribution >= 4 is 16.5 Å². The first-order valence-electron chi connectivity index (χ1n) is 5.68. The van der Waals surface area contributed by atoms with Crippen molar-refractivity contribution in [2.75, 3.05) is 0 Å². The molecule has 0 spiro atoms. The molecular formula is C10H22P2. The molecule has 0 saturated heterocycles. The second kappa shape index (κ2) is 4.92. The Balaban J connectivity index is 1.60. The first-order valence-corrected chi connectivity index (χ1v) is 9.91. The summed E-state index contributed by atoms with van der Waals surface area (Å²) in [6.45, 7) is 0. The molecule has 0 amide bonds. The van der Waals surface area contributed by atoms with Gasteiger partial charge in [-0.2, -0.15) is 0 Å². The zero-order valence-electron chi connectivity index (χ0n) is 8.02. The van der Waals surface area contributed by atoms with Crippen LogP contribution in [0.3, 0.4) is 0 Å². The van der Waals surface area contributed by atoms with E-state index in [0.29, 0.717) is 8.27 Å². The molecule has 2 aliphatic rings. The van der Waals surface area contributed by atoms with Crippen molar-refractivity contribution in [1.29, 1.82) is 0 Å². The molecule has 0 N–H and O–H groups in total. The van der Waals surface area contributed by atoms with Gasteiger partial charge in [-0.25, -0.2) is 0 Å². The summed E-state index contributed by atoms with van der Waals surface area (Å²) in [5.41, 5.74) is 2.50. The first-order chi connectivity index (χ1) is 5.95. The number of hydrogen-bond donors (Lipinski definition) is 0. The molecule has 0 bridgehead atoms. The van der Waals surface area contributed by atoms with Crippen molar-refractivity contribution in [2.24, 2.45) is 0 Å². The summed E-state index contributed by atoms with van der Waals surface area (Å²) in [5, 5.41) is 0. The van der Waals surface area contributed by atoms with Crippen molar-refractivity contribution in [2.45, 2.75) is 62.7 Å². The molecule has 2 heteroatoms. The quantitative estimate of drug-likeness (QED) is 0.616. The standard InChI is InChI=1S/C10H22P2/c1-2-6-9(5-1)11-12-10-7-3-4-8-10/h9-11H,1-8H2,12H3. The molecule has 1 atom stereocenters. The Kier molecular flexibility index (Phi) is 3.86. The number of hydrogen-bond acceptors (Lipinski definition) is 0. The predicted molar refractivity (Wildman–Crippen MR) is 63.9 cm³/mol. The van der Waals surface area contributed by atoms with Crippen molar-refractivity contribution in [3.05, 3.63) is 0 Å². The summed E-state index contributed by atoms with van der Waals surface area (Å²) >= 11 is 0. The van der Waals surface area contributed by atoms with E-state index in [2.05, 4.69) is 0 Å². The molecule has 12 heavy (non-hydrogen) atoms. The Bertz CT molecular complexity index is 108. The molecule has 2 aliphatic carbocycles. The van der Waals surface area contributed by atoms with Gasteiger partial charge in [0.2, 0.25) is 0 Å². The van der Waals surface area contributed by atoms with E-state index in [1.807, 2.05) is 0 Å². The van der Waals surface area contributed by atoms with Gasteiger partial charge in [-0.05, 0) is 0 Å². The Morgan fingerprint density at radius 3 is 2.08 bits per heavy atom. The zero-order chi connectivity index (χ0) is 8.23. The molecule has 0 radical (unpaired) electrons. The van der Waals surface area contributed by atoms with Gasteiger partial charge in [-0.1, -0.05) is 0 Å². The van der Waals surface area contributed by atoms with Crippen molar-refractivity contribution in [3.63, 3.8) is 0 Å². The minimum absolute atomic E-state index is 0.386. The van der Waals surface area contributed by atoms with Crippen LogP contribution in [-0.4, -0.2) is 11.3 Å². The van der Waals surface area contributed by atoms with Crippen LogP contribution in [0.2, 0.25) is 0 Å². The van der Waals surface area contributed by atoms with E-state index < -0.39 is 0 Å². The van der Waals surface area contributed by atoms with Gasteiger partial charge < -0.3 is 0 Å². The van der Waals surface area contributed by atoms with Gasteiger partial charge in [0.1, 0.15) is 0 Å². The van der Waals surface area contributed by atoms with Crippen LogP contribution in [0.1, 0.15) is 51.4 Å². The van der Waals surface area contributed by atoms with Gasteiger partial charge in [0, 0.05) is 0 Å². The molecule has 0 aromatic rings. The second-order valence-electron chi connectivity index (χ2n) is 4.54. The Hall–Kier alpha value is 0.860. The molecule has 0 heterocycles. The Morgan fingerprint density at radius 1 is 0.833 bits per heavy atom. The van der Waals surface area contributed by atoms with Crippen molar-refractivity contribution in [1.82, 2.24) is 0 Å². The molecule has 0 aromatic carbocycles. The van der Waals surface area contributed by atoms with Gasteiger partial charge in [-0.15, -0.1) is 0 Å². The fourth-order valence-corrected chi connectivity index (χ4v) is 9.60. The summed E-state index contributed by atoms with van der Waals surface area (Å²) in [7, 11) is 1.84. The van der Waals surface area contributed by atoms with Gasteiger partial charge >= 0.3 is 79.2 Å². The maximum atomic E-state index is 1.62. The maximum absolute atomic E-state index is 1.62. The van der Waals surface area contributed by atoms with Crippen LogP contribution in [0.15, 0.2) is 0 Å². The van der Waals surface area contributed by atoms with Crippen LogP contribution in [0.5, 0.6) is 0 Å². The molecule has 2 fully saturated rings. The Labute approximate surface area is 79.7 Å². The zero-order valence-corrected chi connectivity index (χ0v) is 10.4. The topological polar surface area (TPSA) is 0 Å². The number of rotatable bonds is 3. The van der Waals surface area contributed by atoms with E-state index in [1.54, 1.807) is 51.4 Å². The van der Waals surface area contributed by atoms with Crippen LogP contribution >= 0.6 is 16.5 Å². The summed E-state index contributed by atoms with van der Waals surface area (Å²) < 4.78 is 0. The van der Waals surface area contributed by atoms with Gasteiger partial charge in [-0.3, -0.25) is 0 Å². The molecule has 72 valence electrons. The summed E-state index contributed by atoms with van der Waals surface area (Å²) in [6.07, 6.45) is 12.7. The summed E-state index contributed by atoms with van der Waals surface area (Å²) in [6, 6.07) is 0. The third kappa shape index (κ3) is 2.68. The van der Waals surface area contributed by atoms with Crippen LogP contribution in [-0.2, 0) is 0 Å². The molecule has 0 aromatic heterocycles. The van der Waals surface area contributed by atoms with E-state index in [0.717, 1.165) is 0 Å². The van der Waals surface area contributed by atoms with Crippen LogP contribution in [0.4, 0.5) is 0 Å². The molecular weight excluding hydrogens is 182 g/mol. The van der Waals surface area contributed by atoms with Crippen LogP contribution < -0.4 is 0 Å². The van der Waals surface area contributed by atoms with Gasteiger partial charge in [0.05, 0.1) is 0 Å². The molecule has 2 saturated carbocycles. The fraction of sp³-hybridized carbons (Fsp3) is 1.00. The van der Waals surface area contributed by atoms with E-state index in [4.69, 9.17) is 0 Å². The third-order valence-corrected chi connectivity index (χ3v) is 10.5. The van der Waals surface area contributed by atoms with E-state index in [-0.39, 0.29) is 0 Å². The summed E-state index contributed by atoms with van der Waals surface area (Å²) in [5.74, 6) is 0. The molecule has 2 rings (SSSR count). The predicted octanol–water partition coefficient (Wildman–Crippen LogP) is 3.61. The molecule has 1 unspecified atom stereocenters.